The first kappa shape index (κ1) is 14.5. The van der Waals surface area contributed by atoms with Crippen LogP contribution in [0.1, 0.15) is 46.5 Å². The van der Waals surface area contributed by atoms with Crippen LogP contribution in [0.25, 0.3) is 0 Å². The monoisotopic (exact) mass is 237 g/mol. The van der Waals surface area contributed by atoms with Crippen molar-refractivity contribution in [1.82, 2.24) is 4.90 Å². The van der Waals surface area contributed by atoms with Gasteiger partial charge in [-0.25, -0.2) is 0 Å². The van der Waals surface area contributed by atoms with Crippen molar-refractivity contribution in [3.63, 3.8) is 0 Å². The zero-order valence-electron chi connectivity index (χ0n) is 11.6. The van der Waals surface area contributed by atoms with Crippen LogP contribution in [0.15, 0.2) is 0 Å². The standard InChI is InChI=1S/C14H27N3/c1-4-17(9-8-14(2,3)11-16)13-7-5-6-12(13)10-15/h12-13H,4-10,15H2,1-3H3. The molecule has 17 heavy (non-hydrogen) atoms. The molecule has 0 aliphatic heterocycles. The highest BCUT2D eigenvalue weighted by Crippen LogP contribution is 2.30. The number of rotatable bonds is 6. The molecule has 2 atom stereocenters. The molecule has 0 aromatic carbocycles. The lowest BCUT2D eigenvalue weighted by atomic mass is 9.90. The first-order valence-electron chi connectivity index (χ1n) is 6.89. The van der Waals surface area contributed by atoms with Crippen molar-refractivity contribution in [3.8, 4) is 6.07 Å². The molecule has 98 valence electrons. The Hall–Kier alpha value is -0.590. The highest BCUT2D eigenvalue weighted by atomic mass is 15.2. The van der Waals surface area contributed by atoms with Gasteiger partial charge in [-0.05, 0) is 58.7 Å². The second-order valence-corrected chi connectivity index (χ2v) is 5.87. The van der Waals surface area contributed by atoms with Crippen molar-refractivity contribution in [3.05, 3.63) is 0 Å². The van der Waals surface area contributed by atoms with Crippen LogP contribution >= 0.6 is 0 Å². The highest BCUT2D eigenvalue weighted by Gasteiger charge is 2.31. The fourth-order valence-corrected chi connectivity index (χ4v) is 2.81. The molecule has 0 spiro atoms. The molecule has 0 amide bonds. The van der Waals surface area contributed by atoms with Gasteiger partial charge in [0.05, 0.1) is 11.5 Å². The molecule has 3 nitrogen and oxygen atoms in total. The van der Waals surface area contributed by atoms with Crippen LogP contribution in [0.5, 0.6) is 0 Å². The van der Waals surface area contributed by atoms with Gasteiger partial charge in [0.25, 0.3) is 0 Å². The first-order chi connectivity index (χ1) is 8.04. The van der Waals surface area contributed by atoms with Gasteiger partial charge in [0, 0.05) is 6.04 Å². The van der Waals surface area contributed by atoms with E-state index in [1.165, 1.54) is 19.3 Å². The first-order valence-corrected chi connectivity index (χ1v) is 6.89. The van der Waals surface area contributed by atoms with Crippen molar-refractivity contribution in [1.29, 1.82) is 5.26 Å². The molecule has 0 radical (unpaired) electrons. The van der Waals surface area contributed by atoms with E-state index in [1.54, 1.807) is 0 Å². The Morgan fingerprint density at radius 1 is 1.41 bits per heavy atom. The highest BCUT2D eigenvalue weighted by molar-refractivity contribution is 4.93. The number of hydrogen-bond acceptors (Lipinski definition) is 3. The van der Waals surface area contributed by atoms with Gasteiger partial charge < -0.3 is 10.6 Å². The van der Waals surface area contributed by atoms with E-state index in [9.17, 15) is 0 Å². The normalized spacial score (nSPS) is 25.2. The lowest BCUT2D eigenvalue weighted by Gasteiger charge is -2.33. The second-order valence-electron chi connectivity index (χ2n) is 5.87. The summed E-state index contributed by atoms with van der Waals surface area (Å²) in [4.78, 5) is 2.53. The molecule has 1 rings (SSSR count). The number of nitrogens with two attached hydrogens (primary N) is 1. The van der Waals surface area contributed by atoms with E-state index < -0.39 is 0 Å². The maximum Gasteiger partial charge on any atom is 0.0684 e. The van der Waals surface area contributed by atoms with Gasteiger partial charge in [-0.15, -0.1) is 0 Å². The quantitative estimate of drug-likeness (QED) is 0.771. The summed E-state index contributed by atoms with van der Waals surface area (Å²) in [6.45, 7) is 9.17. The van der Waals surface area contributed by atoms with Crippen molar-refractivity contribution in [2.45, 2.75) is 52.5 Å². The van der Waals surface area contributed by atoms with Crippen molar-refractivity contribution < 1.29 is 0 Å². The Balaban J connectivity index is 2.51. The van der Waals surface area contributed by atoms with E-state index in [4.69, 9.17) is 11.0 Å². The van der Waals surface area contributed by atoms with Gasteiger partial charge in [0.15, 0.2) is 0 Å². The summed E-state index contributed by atoms with van der Waals surface area (Å²) in [5.74, 6) is 0.667. The molecule has 1 fully saturated rings. The Morgan fingerprint density at radius 2 is 2.12 bits per heavy atom. The van der Waals surface area contributed by atoms with E-state index in [2.05, 4.69) is 17.9 Å². The average Bonchev–Trinajstić information content (AvgIpc) is 2.78. The minimum atomic E-state index is -0.204. The zero-order chi connectivity index (χ0) is 12.9. The van der Waals surface area contributed by atoms with E-state index >= 15 is 0 Å². The molecule has 2 N–H and O–H groups in total. The minimum Gasteiger partial charge on any atom is -0.330 e. The summed E-state index contributed by atoms with van der Waals surface area (Å²) >= 11 is 0. The number of nitriles is 1. The summed E-state index contributed by atoms with van der Waals surface area (Å²) < 4.78 is 0. The Morgan fingerprint density at radius 3 is 2.65 bits per heavy atom. The maximum atomic E-state index is 9.05. The predicted octanol–water partition coefficient (Wildman–Crippen LogP) is 2.38. The molecular weight excluding hydrogens is 210 g/mol. The largest absolute Gasteiger partial charge is 0.330 e. The number of hydrogen-bond donors (Lipinski definition) is 1. The predicted molar refractivity (Wildman–Crippen MR) is 71.4 cm³/mol. The topological polar surface area (TPSA) is 53.0 Å². The van der Waals surface area contributed by atoms with Gasteiger partial charge in [-0.3, -0.25) is 0 Å². The van der Waals surface area contributed by atoms with Gasteiger partial charge in [0.2, 0.25) is 0 Å². The van der Waals surface area contributed by atoms with Crippen LogP contribution in [0.2, 0.25) is 0 Å². The Bertz CT molecular complexity index is 267. The van der Waals surface area contributed by atoms with Gasteiger partial charge in [0.1, 0.15) is 0 Å². The summed E-state index contributed by atoms with van der Waals surface area (Å²) in [5.41, 5.74) is 5.64. The van der Waals surface area contributed by atoms with Crippen LogP contribution < -0.4 is 5.73 Å². The van der Waals surface area contributed by atoms with E-state index in [1.807, 2.05) is 13.8 Å². The van der Waals surface area contributed by atoms with Crippen LogP contribution in [0.4, 0.5) is 0 Å². The molecule has 0 bridgehead atoms. The number of nitrogens with zero attached hydrogens (tertiary/aromatic N) is 2. The third kappa shape index (κ3) is 3.97. The fourth-order valence-electron chi connectivity index (χ4n) is 2.81. The second kappa shape index (κ2) is 6.37. The molecule has 1 saturated carbocycles. The molecule has 0 aromatic rings. The molecule has 1 aliphatic rings. The molecule has 3 heteroatoms. The van der Waals surface area contributed by atoms with E-state index in [0.717, 1.165) is 26.1 Å². The van der Waals surface area contributed by atoms with Crippen molar-refractivity contribution >= 4 is 0 Å². The lowest BCUT2D eigenvalue weighted by Crippen LogP contribution is -2.41. The molecule has 1 aliphatic carbocycles. The summed E-state index contributed by atoms with van der Waals surface area (Å²) in [6.07, 6.45) is 4.82. The van der Waals surface area contributed by atoms with Crippen LogP contribution in [0.3, 0.4) is 0 Å². The van der Waals surface area contributed by atoms with E-state index in [-0.39, 0.29) is 5.41 Å². The fraction of sp³-hybridized carbons (Fsp3) is 0.929. The van der Waals surface area contributed by atoms with Gasteiger partial charge >= 0.3 is 0 Å². The summed E-state index contributed by atoms with van der Waals surface area (Å²) in [6, 6.07) is 3.04. The third-order valence-electron chi connectivity index (χ3n) is 4.12. The lowest BCUT2D eigenvalue weighted by molar-refractivity contribution is 0.155. The smallest absolute Gasteiger partial charge is 0.0684 e. The summed E-state index contributed by atoms with van der Waals surface area (Å²) in [5, 5.41) is 9.05. The molecule has 0 aromatic heterocycles. The SMILES string of the molecule is CCN(CCC(C)(C)C#N)C1CCCC1CN. The van der Waals surface area contributed by atoms with Gasteiger partial charge in [-0.2, -0.15) is 5.26 Å². The van der Waals surface area contributed by atoms with Crippen LogP contribution in [-0.2, 0) is 0 Å². The van der Waals surface area contributed by atoms with E-state index in [0.29, 0.717) is 12.0 Å². The minimum absolute atomic E-state index is 0.204. The summed E-state index contributed by atoms with van der Waals surface area (Å²) in [7, 11) is 0. The van der Waals surface area contributed by atoms with Gasteiger partial charge in [-0.1, -0.05) is 13.3 Å². The average molecular weight is 237 g/mol. The Kier molecular flexibility index (Phi) is 5.42. The Labute approximate surface area is 106 Å². The molecular formula is C14H27N3. The van der Waals surface area contributed by atoms with Crippen molar-refractivity contribution in [2.24, 2.45) is 17.1 Å². The van der Waals surface area contributed by atoms with Crippen LogP contribution in [0, 0.1) is 22.7 Å². The zero-order valence-corrected chi connectivity index (χ0v) is 11.6. The molecule has 0 heterocycles. The molecule has 0 saturated heterocycles. The molecule has 2 unspecified atom stereocenters. The van der Waals surface area contributed by atoms with Crippen molar-refractivity contribution in [2.75, 3.05) is 19.6 Å². The van der Waals surface area contributed by atoms with Crippen LogP contribution in [-0.4, -0.2) is 30.6 Å². The third-order valence-corrected chi connectivity index (χ3v) is 4.12. The maximum absolute atomic E-state index is 9.05.